The van der Waals surface area contributed by atoms with Gasteiger partial charge in [-0.2, -0.15) is 16.5 Å². The number of benzene rings is 1. The van der Waals surface area contributed by atoms with Crippen molar-refractivity contribution in [1.82, 2.24) is 10.0 Å². The van der Waals surface area contributed by atoms with Gasteiger partial charge in [0.1, 0.15) is 12.1 Å². The molecule has 1 amide bonds. The molecule has 1 aromatic rings. The van der Waals surface area contributed by atoms with Crippen LogP contribution < -0.4 is 10.0 Å². The van der Waals surface area contributed by atoms with E-state index in [1.807, 2.05) is 13.2 Å². The van der Waals surface area contributed by atoms with Gasteiger partial charge in [-0.1, -0.05) is 31.5 Å². The maximum Gasteiger partial charge on any atom is 0.326 e. The lowest BCUT2D eigenvalue weighted by Gasteiger charge is -2.21. The van der Waals surface area contributed by atoms with E-state index in [-0.39, 0.29) is 17.7 Å². The summed E-state index contributed by atoms with van der Waals surface area (Å²) in [5.41, 5.74) is 0. The van der Waals surface area contributed by atoms with Crippen LogP contribution in [0.1, 0.15) is 26.2 Å². The fraction of sp³-hybridized carbons (Fsp3) is 0.500. The number of carboxylic acids is 1. The van der Waals surface area contributed by atoms with Crippen LogP contribution in [0.5, 0.6) is 0 Å². The number of sulfonamides is 1. The average Bonchev–Trinajstić information content (AvgIpc) is 2.58. The van der Waals surface area contributed by atoms with E-state index in [2.05, 4.69) is 10.0 Å². The van der Waals surface area contributed by atoms with E-state index >= 15 is 0 Å². The number of hydrogen-bond acceptors (Lipinski definition) is 5. The molecule has 0 fully saturated rings. The van der Waals surface area contributed by atoms with E-state index in [0.717, 1.165) is 0 Å². The number of nitrogens with one attached hydrogen (secondary N) is 2. The Morgan fingerprint density at radius 1 is 1.16 bits per heavy atom. The van der Waals surface area contributed by atoms with Crippen molar-refractivity contribution in [3.05, 3.63) is 30.3 Å². The Bertz CT molecular complexity index is 664. The monoisotopic (exact) mass is 388 g/mol. The second kappa shape index (κ2) is 10.4. The zero-order valence-electron chi connectivity index (χ0n) is 14.3. The van der Waals surface area contributed by atoms with E-state index in [1.54, 1.807) is 18.2 Å². The molecule has 0 aliphatic heterocycles. The fourth-order valence-electron chi connectivity index (χ4n) is 2.15. The molecule has 2 unspecified atom stereocenters. The standard InChI is InChI=1S/C16H24N2O5S2/c1-3-7-14(16(20)21)17-15(19)13(10-11-24-2)18-25(22,23)12-8-5-4-6-9-12/h4-6,8-9,13-14,18H,3,7,10-11H2,1-2H3,(H,17,19)(H,20,21). The molecule has 7 nitrogen and oxygen atoms in total. The van der Waals surface area contributed by atoms with Gasteiger partial charge in [0.25, 0.3) is 0 Å². The minimum Gasteiger partial charge on any atom is -0.480 e. The third-order valence-corrected chi connectivity index (χ3v) is 5.60. The first-order valence-electron chi connectivity index (χ1n) is 7.91. The fourth-order valence-corrected chi connectivity index (χ4v) is 3.87. The lowest BCUT2D eigenvalue weighted by molar-refractivity contribution is -0.142. The molecule has 0 saturated carbocycles. The number of hydrogen-bond donors (Lipinski definition) is 3. The quantitative estimate of drug-likeness (QED) is 0.529. The Labute approximate surface area is 152 Å². The molecule has 0 spiro atoms. The predicted octanol–water partition coefficient (Wildman–Crippen LogP) is 1.46. The van der Waals surface area contributed by atoms with Crippen molar-refractivity contribution < 1.29 is 23.1 Å². The van der Waals surface area contributed by atoms with E-state index in [0.29, 0.717) is 12.2 Å². The molecule has 25 heavy (non-hydrogen) atoms. The highest BCUT2D eigenvalue weighted by atomic mass is 32.2. The van der Waals surface area contributed by atoms with Crippen LogP contribution in [0.3, 0.4) is 0 Å². The van der Waals surface area contributed by atoms with Crippen LogP contribution in [0.2, 0.25) is 0 Å². The summed E-state index contributed by atoms with van der Waals surface area (Å²) >= 11 is 1.47. The summed E-state index contributed by atoms with van der Waals surface area (Å²) in [5, 5.41) is 11.6. The van der Waals surface area contributed by atoms with Gasteiger partial charge < -0.3 is 10.4 Å². The van der Waals surface area contributed by atoms with Crippen molar-refractivity contribution in [3.8, 4) is 0 Å². The second-order valence-electron chi connectivity index (χ2n) is 5.46. The zero-order chi connectivity index (χ0) is 18.9. The summed E-state index contributed by atoms with van der Waals surface area (Å²) in [7, 11) is -3.87. The highest BCUT2D eigenvalue weighted by molar-refractivity contribution is 7.98. The molecular formula is C16H24N2O5S2. The van der Waals surface area contributed by atoms with Gasteiger partial charge >= 0.3 is 5.97 Å². The van der Waals surface area contributed by atoms with Crippen molar-refractivity contribution in [2.45, 2.75) is 43.2 Å². The minimum absolute atomic E-state index is 0.0558. The lowest BCUT2D eigenvalue weighted by atomic mass is 10.1. The van der Waals surface area contributed by atoms with Gasteiger partial charge in [-0.05, 0) is 37.0 Å². The number of carboxylic acid groups (broad SMARTS) is 1. The van der Waals surface area contributed by atoms with Gasteiger partial charge in [-0.3, -0.25) is 4.79 Å². The number of carbonyl (C=O) groups is 2. The van der Waals surface area contributed by atoms with Crippen LogP contribution in [0.25, 0.3) is 0 Å². The topological polar surface area (TPSA) is 113 Å². The van der Waals surface area contributed by atoms with Crippen LogP contribution in [0.4, 0.5) is 0 Å². The summed E-state index contributed by atoms with van der Waals surface area (Å²) in [5.74, 6) is -1.21. The Balaban J connectivity index is 2.92. The third-order valence-electron chi connectivity index (χ3n) is 3.47. The number of aliphatic carboxylic acids is 1. The molecular weight excluding hydrogens is 364 g/mol. The van der Waals surface area contributed by atoms with Gasteiger partial charge in [0.2, 0.25) is 15.9 Å². The van der Waals surface area contributed by atoms with Crippen LogP contribution in [-0.4, -0.2) is 49.5 Å². The molecule has 1 aromatic carbocycles. The van der Waals surface area contributed by atoms with Gasteiger partial charge in [0.05, 0.1) is 4.90 Å². The molecule has 9 heteroatoms. The molecule has 0 aliphatic carbocycles. The Hall–Kier alpha value is -1.58. The second-order valence-corrected chi connectivity index (χ2v) is 8.16. The summed E-state index contributed by atoms with van der Waals surface area (Å²) in [4.78, 5) is 23.7. The molecule has 1 rings (SSSR count). The Morgan fingerprint density at radius 3 is 2.32 bits per heavy atom. The van der Waals surface area contributed by atoms with Gasteiger partial charge in [-0.15, -0.1) is 0 Å². The largest absolute Gasteiger partial charge is 0.480 e. The number of rotatable bonds is 11. The van der Waals surface area contributed by atoms with Crippen LogP contribution in [0, 0.1) is 0 Å². The first-order valence-corrected chi connectivity index (χ1v) is 10.8. The smallest absolute Gasteiger partial charge is 0.326 e. The van der Waals surface area contributed by atoms with E-state index in [9.17, 15) is 18.0 Å². The van der Waals surface area contributed by atoms with Gasteiger partial charge in [0, 0.05) is 0 Å². The maximum atomic E-state index is 12.4. The normalized spacial score (nSPS) is 13.8. The van der Waals surface area contributed by atoms with Crippen molar-refractivity contribution in [1.29, 1.82) is 0 Å². The third kappa shape index (κ3) is 7.05. The average molecular weight is 389 g/mol. The van der Waals surface area contributed by atoms with E-state index in [4.69, 9.17) is 5.11 Å². The molecule has 3 N–H and O–H groups in total. The van der Waals surface area contributed by atoms with E-state index < -0.39 is 34.0 Å². The molecule has 140 valence electrons. The maximum absolute atomic E-state index is 12.4. The number of thioether (sulfide) groups is 1. The van der Waals surface area contributed by atoms with Crippen LogP contribution in [-0.2, 0) is 19.6 Å². The first kappa shape index (κ1) is 21.5. The van der Waals surface area contributed by atoms with Crippen LogP contribution in [0.15, 0.2) is 35.2 Å². The highest BCUT2D eigenvalue weighted by Crippen LogP contribution is 2.11. The molecule has 0 heterocycles. The molecule has 0 saturated heterocycles. The van der Waals surface area contributed by atoms with Gasteiger partial charge in [0.15, 0.2) is 0 Å². The van der Waals surface area contributed by atoms with Crippen molar-refractivity contribution >= 4 is 33.7 Å². The van der Waals surface area contributed by atoms with Crippen molar-refractivity contribution in [3.63, 3.8) is 0 Å². The molecule has 0 bridgehead atoms. The van der Waals surface area contributed by atoms with Crippen LogP contribution >= 0.6 is 11.8 Å². The van der Waals surface area contributed by atoms with Gasteiger partial charge in [-0.25, -0.2) is 13.2 Å². The Kier molecular flexibility index (Phi) is 8.95. The van der Waals surface area contributed by atoms with E-state index in [1.165, 1.54) is 23.9 Å². The van der Waals surface area contributed by atoms with Crippen molar-refractivity contribution in [2.24, 2.45) is 0 Å². The molecule has 2 atom stereocenters. The SMILES string of the molecule is CCCC(NC(=O)C(CCSC)NS(=O)(=O)c1ccccc1)C(=O)O. The first-order chi connectivity index (χ1) is 11.8. The lowest BCUT2D eigenvalue weighted by Crippen LogP contribution is -2.51. The van der Waals surface area contributed by atoms with Crippen molar-refractivity contribution in [2.75, 3.05) is 12.0 Å². The molecule has 0 aromatic heterocycles. The predicted molar refractivity (Wildman–Crippen MR) is 98.0 cm³/mol. The summed E-state index contributed by atoms with van der Waals surface area (Å²) < 4.78 is 27.3. The summed E-state index contributed by atoms with van der Waals surface area (Å²) in [6.45, 7) is 1.81. The number of carbonyl (C=O) groups excluding carboxylic acids is 1. The molecule has 0 aliphatic rings. The minimum atomic E-state index is -3.87. The Morgan fingerprint density at radius 2 is 1.80 bits per heavy atom. The molecule has 0 radical (unpaired) electrons. The highest BCUT2D eigenvalue weighted by Gasteiger charge is 2.28. The zero-order valence-corrected chi connectivity index (χ0v) is 15.9. The number of amides is 1. The summed E-state index contributed by atoms with van der Waals surface area (Å²) in [6.07, 6.45) is 2.97. The summed E-state index contributed by atoms with van der Waals surface area (Å²) in [6, 6.07) is 5.68.